The number of ether oxygens (including phenoxy) is 1. The lowest BCUT2D eigenvalue weighted by Crippen LogP contribution is -2.32. The van der Waals surface area contributed by atoms with Crippen molar-refractivity contribution >= 4 is 19.6 Å². The Hall–Kier alpha value is -1.45. The topological polar surface area (TPSA) is 69.7 Å². The molecule has 0 aromatic heterocycles. The number of carbonyl (C=O) groups is 1. The van der Waals surface area contributed by atoms with Gasteiger partial charge in [-0.15, -0.1) is 0 Å². The minimum absolute atomic E-state index is 0.0286. The number of esters is 1. The fourth-order valence-electron chi connectivity index (χ4n) is 4.18. The molecule has 0 spiro atoms. The van der Waals surface area contributed by atoms with Crippen LogP contribution in [-0.4, -0.2) is 30.4 Å². The van der Waals surface area contributed by atoms with E-state index in [1.54, 1.807) is 6.92 Å². The van der Waals surface area contributed by atoms with Gasteiger partial charge in [-0.25, -0.2) is 0 Å². The summed E-state index contributed by atoms with van der Waals surface area (Å²) in [5.74, 6) is -0.522. The van der Waals surface area contributed by atoms with Crippen LogP contribution in [0.1, 0.15) is 77.7 Å². The standard InChI is InChI=1S/C25H38O5P/c1-4-24(27)29-25(20(2)3)30-31(28,23(19-26)22-16-9-6-10-17-22)18-12-11-15-21-13-7-5-8-14-21/h5,7-8,13-14,20,22-23,25H,4,6,9-12,15-18H2,1-3H3/t23?,25-,31?/m0/s1. The fourth-order valence-corrected chi connectivity index (χ4v) is 7.10. The van der Waals surface area contributed by atoms with E-state index in [0.717, 1.165) is 44.9 Å². The van der Waals surface area contributed by atoms with E-state index in [9.17, 15) is 14.2 Å². The zero-order valence-corrected chi connectivity index (χ0v) is 20.2. The molecule has 1 aromatic carbocycles. The summed E-state index contributed by atoms with van der Waals surface area (Å²) >= 11 is 0. The molecule has 1 aliphatic carbocycles. The van der Waals surface area contributed by atoms with Gasteiger partial charge in [-0.1, -0.05) is 70.4 Å². The summed E-state index contributed by atoms with van der Waals surface area (Å²) in [6.07, 6.45) is 9.12. The number of benzene rings is 1. The SMILES string of the molecule is CCC(=O)O[C@@H](OP(=O)(CCCCc1ccccc1)C([C]=O)C1CCCCC1)C(C)C. The highest BCUT2D eigenvalue weighted by Crippen LogP contribution is 2.58. The number of carbonyl (C=O) groups excluding carboxylic acids is 2. The van der Waals surface area contributed by atoms with E-state index >= 15 is 0 Å². The molecule has 1 aromatic rings. The van der Waals surface area contributed by atoms with Gasteiger partial charge in [0.25, 0.3) is 0 Å². The van der Waals surface area contributed by atoms with Crippen LogP contribution in [0.4, 0.5) is 0 Å². The lowest BCUT2D eigenvalue weighted by atomic mass is 9.87. The van der Waals surface area contributed by atoms with Crippen LogP contribution in [0.25, 0.3) is 0 Å². The summed E-state index contributed by atoms with van der Waals surface area (Å²) in [6.45, 7) is 5.45. The molecule has 2 unspecified atom stereocenters. The number of hydrogen-bond acceptors (Lipinski definition) is 5. The molecule has 1 saturated carbocycles. The molecule has 0 N–H and O–H groups in total. The van der Waals surface area contributed by atoms with Crippen LogP contribution < -0.4 is 0 Å². The Bertz CT molecular complexity index is 712. The van der Waals surface area contributed by atoms with E-state index < -0.39 is 25.3 Å². The van der Waals surface area contributed by atoms with Gasteiger partial charge in [0.15, 0.2) is 0 Å². The van der Waals surface area contributed by atoms with Crippen molar-refractivity contribution < 1.29 is 23.4 Å². The van der Waals surface area contributed by atoms with E-state index in [-0.39, 0.29) is 18.3 Å². The maximum absolute atomic E-state index is 14.2. The first kappa shape index (κ1) is 25.8. The molecule has 5 nitrogen and oxygen atoms in total. The summed E-state index contributed by atoms with van der Waals surface area (Å²) in [7, 11) is -3.40. The zero-order chi connectivity index (χ0) is 22.7. The highest BCUT2D eigenvalue weighted by Gasteiger charge is 2.43. The lowest BCUT2D eigenvalue weighted by Gasteiger charge is -2.34. The molecular weight excluding hydrogens is 411 g/mol. The molecule has 1 radical (unpaired) electrons. The van der Waals surface area contributed by atoms with Gasteiger partial charge in [0.05, 0.1) is 0 Å². The van der Waals surface area contributed by atoms with Crippen LogP contribution in [0.15, 0.2) is 30.3 Å². The Morgan fingerprint density at radius 3 is 2.39 bits per heavy atom. The van der Waals surface area contributed by atoms with Crippen molar-refractivity contribution in [2.24, 2.45) is 11.8 Å². The Labute approximate surface area is 187 Å². The molecular formula is C25H38O5P. The van der Waals surface area contributed by atoms with Crippen LogP contribution in [0, 0.1) is 11.8 Å². The third-order valence-corrected chi connectivity index (χ3v) is 8.91. The van der Waals surface area contributed by atoms with Crippen LogP contribution in [-0.2, 0) is 29.8 Å². The second-order valence-corrected chi connectivity index (χ2v) is 11.6. The molecule has 0 saturated heterocycles. The first-order valence-corrected chi connectivity index (χ1v) is 13.7. The molecule has 2 rings (SSSR count). The minimum atomic E-state index is -3.40. The van der Waals surface area contributed by atoms with Crippen molar-refractivity contribution in [2.75, 3.05) is 6.16 Å². The maximum atomic E-state index is 14.2. The Balaban J connectivity index is 2.14. The van der Waals surface area contributed by atoms with Gasteiger partial charge in [0.2, 0.25) is 19.9 Å². The normalized spacial score (nSPS) is 18.8. The lowest BCUT2D eigenvalue weighted by molar-refractivity contribution is -0.169. The van der Waals surface area contributed by atoms with Crippen LogP contribution in [0.5, 0.6) is 0 Å². The summed E-state index contributed by atoms with van der Waals surface area (Å²) in [5.41, 5.74) is 0.493. The third-order valence-electron chi connectivity index (χ3n) is 6.03. The number of rotatable bonds is 13. The second-order valence-electron chi connectivity index (χ2n) is 8.91. The highest BCUT2D eigenvalue weighted by molar-refractivity contribution is 7.60. The van der Waals surface area contributed by atoms with Crippen molar-refractivity contribution in [1.82, 2.24) is 0 Å². The van der Waals surface area contributed by atoms with Crippen LogP contribution in [0.3, 0.4) is 0 Å². The molecule has 0 heterocycles. The average Bonchev–Trinajstić information content (AvgIpc) is 2.78. The van der Waals surface area contributed by atoms with E-state index in [4.69, 9.17) is 9.26 Å². The van der Waals surface area contributed by atoms with Gasteiger partial charge < -0.3 is 4.74 Å². The molecule has 0 bridgehead atoms. The zero-order valence-electron chi connectivity index (χ0n) is 19.3. The molecule has 1 fully saturated rings. The number of unbranched alkanes of at least 4 members (excludes halogenated alkanes) is 1. The van der Waals surface area contributed by atoms with Gasteiger partial charge >= 0.3 is 5.97 Å². The number of hydrogen-bond donors (Lipinski definition) is 0. The summed E-state index contributed by atoms with van der Waals surface area (Å²) < 4.78 is 25.7. The van der Waals surface area contributed by atoms with Gasteiger partial charge in [0.1, 0.15) is 5.66 Å². The first-order valence-electron chi connectivity index (χ1n) is 11.8. The van der Waals surface area contributed by atoms with Crippen LogP contribution >= 0.6 is 7.37 Å². The third kappa shape index (κ3) is 8.20. The predicted molar refractivity (Wildman–Crippen MR) is 124 cm³/mol. The van der Waals surface area contributed by atoms with Gasteiger partial charge in [-0.3, -0.25) is 18.7 Å². The second kappa shape index (κ2) is 13.2. The molecule has 3 atom stereocenters. The molecule has 31 heavy (non-hydrogen) atoms. The Kier molecular flexibility index (Phi) is 11.0. The predicted octanol–water partition coefficient (Wildman–Crippen LogP) is 6.30. The molecule has 1 aliphatic rings. The van der Waals surface area contributed by atoms with Crippen molar-refractivity contribution in [3.63, 3.8) is 0 Å². The van der Waals surface area contributed by atoms with E-state index in [1.807, 2.05) is 32.0 Å². The highest BCUT2D eigenvalue weighted by atomic mass is 31.2. The molecule has 6 heteroatoms. The number of aryl methyl sites for hydroxylation is 1. The van der Waals surface area contributed by atoms with Gasteiger partial charge in [-0.05, 0) is 43.6 Å². The van der Waals surface area contributed by atoms with Gasteiger partial charge in [-0.2, -0.15) is 0 Å². The summed E-state index contributed by atoms with van der Waals surface area (Å²) in [6, 6.07) is 10.2. The van der Waals surface area contributed by atoms with Crippen molar-refractivity contribution in [1.29, 1.82) is 0 Å². The monoisotopic (exact) mass is 449 g/mol. The fraction of sp³-hybridized carbons (Fsp3) is 0.680. The molecule has 0 aliphatic heterocycles. The maximum Gasteiger partial charge on any atom is 0.307 e. The van der Waals surface area contributed by atoms with Crippen LogP contribution in [0.2, 0.25) is 0 Å². The van der Waals surface area contributed by atoms with E-state index in [1.165, 1.54) is 5.56 Å². The van der Waals surface area contributed by atoms with Crippen molar-refractivity contribution in [2.45, 2.75) is 90.5 Å². The largest absolute Gasteiger partial charge is 0.435 e. The van der Waals surface area contributed by atoms with E-state index in [0.29, 0.717) is 12.6 Å². The Morgan fingerprint density at radius 1 is 1.13 bits per heavy atom. The Morgan fingerprint density at radius 2 is 1.81 bits per heavy atom. The quantitative estimate of drug-likeness (QED) is 0.153. The first-order chi connectivity index (χ1) is 14.9. The average molecular weight is 450 g/mol. The summed E-state index contributed by atoms with van der Waals surface area (Å²) in [5, 5.41) is 0. The van der Waals surface area contributed by atoms with E-state index in [2.05, 4.69) is 18.4 Å². The van der Waals surface area contributed by atoms with Crippen molar-refractivity contribution in [3.8, 4) is 0 Å². The van der Waals surface area contributed by atoms with Gasteiger partial charge in [0, 0.05) is 18.5 Å². The molecule has 0 amide bonds. The molecule has 173 valence electrons. The smallest absolute Gasteiger partial charge is 0.307 e. The summed E-state index contributed by atoms with van der Waals surface area (Å²) in [4.78, 5) is 24.0. The van der Waals surface area contributed by atoms with Crippen molar-refractivity contribution in [3.05, 3.63) is 35.9 Å². The minimum Gasteiger partial charge on any atom is -0.435 e.